The van der Waals surface area contributed by atoms with Crippen LogP contribution in [-0.2, 0) is 10.0 Å². The molecule has 0 radical (unpaired) electrons. The highest BCUT2D eigenvalue weighted by molar-refractivity contribution is 7.92. The first-order chi connectivity index (χ1) is 12.3. The summed E-state index contributed by atoms with van der Waals surface area (Å²) >= 11 is 6.10. The van der Waals surface area contributed by atoms with Crippen LogP contribution < -0.4 is 10.0 Å². The van der Waals surface area contributed by atoms with E-state index >= 15 is 0 Å². The lowest BCUT2D eigenvalue weighted by molar-refractivity contribution is 0.601. The first-order valence-electron chi connectivity index (χ1n) is 7.93. The smallest absolute Gasteiger partial charge is 0.261 e. The van der Waals surface area contributed by atoms with Crippen LogP contribution in [-0.4, -0.2) is 13.4 Å². The van der Waals surface area contributed by atoms with E-state index in [0.717, 1.165) is 16.8 Å². The minimum Gasteiger partial charge on any atom is -0.339 e. The van der Waals surface area contributed by atoms with Crippen molar-refractivity contribution in [2.75, 3.05) is 10.0 Å². The lowest BCUT2D eigenvalue weighted by Crippen LogP contribution is -2.13. The number of aromatic nitrogens is 1. The fraction of sp³-hybridized carbons (Fsp3) is 0.105. The number of benzene rings is 2. The number of rotatable bonds is 5. The van der Waals surface area contributed by atoms with Gasteiger partial charge in [-0.15, -0.1) is 0 Å². The van der Waals surface area contributed by atoms with Crippen molar-refractivity contribution in [1.82, 2.24) is 4.98 Å². The maximum Gasteiger partial charge on any atom is 0.261 e. The van der Waals surface area contributed by atoms with Gasteiger partial charge in [0, 0.05) is 0 Å². The van der Waals surface area contributed by atoms with Crippen LogP contribution in [0.2, 0.25) is 5.02 Å². The Kier molecular flexibility index (Phi) is 5.15. The predicted octanol–water partition coefficient (Wildman–Crippen LogP) is 4.90. The van der Waals surface area contributed by atoms with E-state index < -0.39 is 10.0 Å². The van der Waals surface area contributed by atoms with Crippen LogP contribution in [0.15, 0.2) is 65.7 Å². The topological polar surface area (TPSA) is 71.1 Å². The molecule has 0 saturated carbocycles. The average Bonchev–Trinajstić information content (AvgIpc) is 2.60. The van der Waals surface area contributed by atoms with Crippen LogP contribution in [0.1, 0.15) is 11.1 Å². The van der Waals surface area contributed by atoms with E-state index in [1.54, 1.807) is 36.4 Å². The number of hydrogen-bond donors (Lipinski definition) is 2. The van der Waals surface area contributed by atoms with Crippen molar-refractivity contribution in [3.63, 3.8) is 0 Å². The quantitative estimate of drug-likeness (QED) is 0.653. The van der Waals surface area contributed by atoms with Gasteiger partial charge in [0.1, 0.15) is 5.82 Å². The van der Waals surface area contributed by atoms with Gasteiger partial charge in [-0.2, -0.15) is 0 Å². The molecule has 0 fully saturated rings. The SMILES string of the molecule is Cc1ccc(S(=O)(=O)Nc2ccc(Nc3ccccc3Cl)nc2)cc1C. The van der Waals surface area contributed by atoms with E-state index in [4.69, 9.17) is 11.6 Å². The van der Waals surface area contributed by atoms with Gasteiger partial charge >= 0.3 is 0 Å². The number of nitrogens with one attached hydrogen (secondary N) is 2. The highest BCUT2D eigenvalue weighted by Gasteiger charge is 2.15. The molecular weight excluding hydrogens is 370 g/mol. The largest absolute Gasteiger partial charge is 0.339 e. The molecule has 0 spiro atoms. The first-order valence-corrected chi connectivity index (χ1v) is 9.79. The molecule has 0 aliphatic carbocycles. The van der Waals surface area contributed by atoms with Crippen molar-refractivity contribution >= 4 is 38.8 Å². The maximum atomic E-state index is 12.5. The van der Waals surface area contributed by atoms with Crippen molar-refractivity contribution in [1.29, 1.82) is 0 Å². The molecule has 3 aromatic rings. The van der Waals surface area contributed by atoms with Crippen LogP contribution in [0, 0.1) is 13.8 Å². The number of para-hydroxylation sites is 1. The summed E-state index contributed by atoms with van der Waals surface area (Å²) < 4.78 is 27.6. The average molecular weight is 388 g/mol. The van der Waals surface area contributed by atoms with Crippen LogP contribution in [0.3, 0.4) is 0 Å². The Morgan fingerprint density at radius 1 is 0.962 bits per heavy atom. The molecule has 1 heterocycles. The molecule has 0 bridgehead atoms. The van der Waals surface area contributed by atoms with Gasteiger partial charge in [-0.1, -0.05) is 29.8 Å². The van der Waals surface area contributed by atoms with Gasteiger partial charge in [-0.05, 0) is 61.4 Å². The Hall–Kier alpha value is -2.57. The minimum absolute atomic E-state index is 0.221. The normalized spacial score (nSPS) is 11.2. The second-order valence-electron chi connectivity index (χ2n) is 5.89. The number of halogens is 1. The summed E-state index contributed by atoms with van der Waals surface area (Å²) in [5, 5.41) is 3.66. The van der Waals surface area contributed by atoms with Gasteiger partial charge in [-0.25, -0.2) is 13.4 Å². The van der Waals surface area contributed by atoms with E-state index in [0.29, 0.717) is 16.5 Å². The molecule has 2 N–H and O–H groups in total. The standard InChI is InChI=1S/C19H18ClN3O2S/c1-13-7-9-16(11-14(13)2)26(24,25)23-15-8-10-19(21-12-15)22-18-6-4-3-5-17(18)20/h3-12,23H,1-2H3,(H,21,22). The van der Waals surface area contributed by atoms with Gasteiger partial charge in [0.05, 0.1) is 27.5 Å². The summed E-state index contributed by atoms with van der Waals surface area (Å²) in [5.41, 5.74) is 3.07. The summed E-state index contributed by atoms with van der Waals surface area (Å²) in [6.45, 7) is 3.82. The molecule has 3 rings (SSSR count). The molecule has 0 atom stereocenters. The molecule has 0 aliphatic heterocycles. The third-order valence-corrected chi connectivity index (χ3v) is 5.65. The first kappa shape index (κ1) is 18.2. The second kappa shape index (κ2) is 7.35. The lowest BCUT2D eigenvalue weighted by atomic mass is 10.1. The number of anilines is 3. The monoisotopic (exact) mass is 387 g/mol. The molecule has 0 amide bonds. The van der Waals surface area contributed by atoms with Gasteiger partial charge < -0.3 is 5.32 Å². The molecule has 5 nitrogen and oxygen atoms in total. The number of hydrogen-bond acceptors (Lipinski definition) is 4. The van der Waals surface area contributed by atoms with Gasteiger partial charge in [0.15, 0.2) is 0 Å². The van der Waals surface area contributed by atoms with E-state index in [1.165, 1.54) is 6.20 Å². The molecule has 0 aliphatic rings. The summed E-state index contributed by atoms with van der Waals surface area (Å²) in [6.07, 6.45) is 1.46. The van der Waals surface area contributed by atoms with Crippen LogP contribution in [0.5, 0.6) is 0 Å². The van der Waals surface area contributed by atoms with Crippen LogP contribution >= 0.6 is 11.6 Å². The van der Waals surface area contributed by atoms with Gasteiger partial charge in [0.25, 0.3) is 10.0 Å². The zero-order chi connectivity index (χ0) is 18.7. The molecule has 7 heteroatoms. The van der Waals surface area contributed by atoms with Crippen molar-refractivity contribution < 1.29 is 8.42 Å². The van der Waals surface area contributed by atoms with Crippen molar-refractivity contribution in [3.8, 4) is 0 Å². The molecule has 0 unspecified atom stereocenters. The summed E-state index contributed by atoms with van der Waals surface area (Å²) in [4.78, 5) is 4.45. The third-order valence-electron chi connectivity index (χ3n) is 3.94. The van der Waals surface area contributed by atoms with Crippen LogP contribution in [0.4, 0.5) is 17.2 Å². The Balaban J connectivity index is 1.76. The van der Waals surface area contributed by atoms with E-state index in [2.05, 4.69) is 15.0 Å². The Morgan fingerprint density at radius 3 is 2.38 bits per heavy atom. The van der Waals surface area contributed by atoms with Gasteiger partial charge in [-0.3, -0.25) is 4.72 Å². The zero-order valence-corrected chi connectivity index (χ0v) is 15.9. The Bertz CT molecular complexity index is 1030. The summed E-state index contributed by atoms with van der Waals surface area (Å²) in [6, 6.07) is 15.7. The highest BCUT2D eigenvalue weighted by atomic mass is 35.5. The number of nitrogens with zero attached hydrogens (tertiary/aromatic N) is 1. The predicted molar refractivity (Wildman–Crippen MR) is 106 cm³/mol. The third kappa shape index (κ3) is 4.15. The van der Waals surface area contributed by atoms with Crippen molar-refractivity contribution in [2.45, 2.75) is 18.7 Å². The summed E-state index contributed by atoms with van der Waals surface area (Å²) in [5.74, 6) is 0.562. The molecular formula is C19H18ClN3O2S. The van der Waals surface area contributed by atoms with E-state index in [1.807, 2.05) is 32.0 Å². The molecule has 26 heavy (non-hydrogen) atoms. The lowest BCUT2D eigenvalue weighted by Gasteiger charge is -2.11. The van der Waals surface area contributed by atoms with Gasteiger partial charge in [0.2, 0.25) is 0 Å². The maximum absolute atomic E-state index is 12.5. The number of sulfonamides is 1. The van der Waals surface area contributed by atoms with E-state index in [-0.39, 0.29) is 4.90 Å². The highest BCUT2D eigenvalue weighted by Crippen LogP contribution is 2.25. The van der Waals surface area contributed by atoms with Crippen LogP contribution in [0.25, 0.3) is 0 Å². The molecule has 134 valence electrons. The molecule has 1 aromatic heterocycles. The Labute approximate surface area is 158 Å². The Morgan fingerprint density at radius 2 is 1.73 bits per heavy atom. The minimum atomic E-state index is -3.66. The zero-order valence-electron chi connectivity index (χ0n) is 14.3. The summed E-state index contributed by atoms with van der Waals surface area (Å²) in [7, 11) is -3.66. The molecule has 0 saturated heterocycles. The number of aryl methyl sites for hydroxylation is 2. The molecule has 2 aromatic carbocycles. The number of pyridine rings is 1. The van der Waals surface area contributed by atoms with Crippen molar-refractivity contribution in [3.05, 3.63) is 76.9 Å². The van der Waals surface area contributed by atoms with Crippen molar-refractivity contribution in [2.24, 2.45) is 0 Å². The van der Waals surface area contributed by atoms with E-state index in [9.17, 15) is 8.42 Å². The fourth-order valence-electron chi connectivity index (χ4n) is 2.32. The second-order valence-corrected chi connectivity index (χ2v) is 7.98. The fourth-order valence-corrected chi connectivity index (χ4v) is 3.63.